The summed E-state index contributed by atoms with van der Waals surface area (Å²) in [5, 5.41) is 5.22. The van der Waals surface area contributed by atoms with E-state index in [0.29, 0.717) is 26.2 Å². The van der Waals surface area contributed by atoms with Crippen molar-refractivity contribution in [1.82, 2.24) is 15.1 Å². The summed E-state index contributed by atoms with van der Waals surface area (Å²) in [4.78, 5) is 29.2. The van der Waals surface area contributed by atoms with Crippen molar-refractivity contribution < 1.29 is 9.59 Å². The molecule has 0 radical (unpaired) electrons. The predicted molar refractivity (Wildman–Crippen MR) is 89.7 cm³/mol. The van der Waals surface area contributed by atoms with Gasteiger partial charge in [0.2, 0.25) is 5.91 Å². The summed E-state index contributed by atoms with van der Waals surface area (Å²) in [6.07, 6.45) is 3.22. The van der Waals surface area contributed by atoms with Gasteiger partial charge in [-0.2, -0.15) is 0 Å². The van der Waals surface area contributed by atoms with E-state index in [0.717, 1.165) is 30.7 Å². The van der Waals surface area contributed by atoms with Crippen molar-refractivity contribution >= 4 is 35.6 Å². The van der Waals surface area contributed by atoms with Crippen LogP contribution in [-0.2, 0) is 4.79 Å². The molecule has 1 aromatic rings. The van der Waals surface area contributed by atoms with Gasteiger partial charge in [-0.25, -0.2) is 0 Å². The van der Waals surface area contributed by atoms with Gasteiger partial charge in [-0.3, -0.25) is 9.59 Å². The minimum Gasteiger partial charge on any atom is -0.338 e. The molecule has 2 amide bonds. The monoisotopic (exact) mass is 343 g/mol. The first-order chi connectivity index (χ1) is 10.3. The molecule has 2 aliphatic rings. The summed E-state index contributed by atoms with van der Waals surface area (Å²) in [6, 6.07) is 3.74. The van der Waals surface area contributed by atoms with Crippen LogP contribution in [0.25, 0.3) is 0 Å². The maximum absolute atomic E-state index is 12.4. The van der Waals surface area contributed by atoms with E-state index in [-0.39, 0.29) is 30.3 Å². The van der Waals surface area contributed by atoms with Gasteiger partial charge in [-0.05, 0) is 30.8 Å². The zero-order chi connectivity index (χ0) is 14.7. The number of hydrogen-bond donors (Lipinski definition) is 1. The van der Waals surface area contributed by atoms with Crippen LogP contribution < -0.4 is 5.32 Å². The Kier molecular flexibility index (Phi) is 6.23. The first-order valence-corrected chi connectivity index (χ1v) is 8.48. The molecule has 0 spiro atoms. The molecule has 0 aromatic carbocycles. The minimum absolute atomic E-state index is 0. The number of nitrogens with zero attached hydrogens (tertiary/aromatic N) is 2. The third-order valence-electron chi connectivity index (χ3n) is 4.22. The Labute approximate surface area is 141 Å². The lowest BCUT2D eigenvalue weighted by atomic mass is 10.0. The van der Waals surface area contributed by atoms with Crippen LogP contribution in [0.2, 0.25) is 0 Å². The second kappa shape index (κ2) is 7.94. The van der Waals surface area contributed by atoms with Gasteiger partial charge in [0.25, 0.3) is 5.91 Å². The van der Waals surface area contributed by atoms with E-state index in [4.69, 9.17) is 0 Å². The Bertz CT molecular complexity index is 495. The molecule has 0 aliphatic carbocycles. The summed E-state index contributed by atoms with van der Waals surface area (Å²) in [6.45, 7) is 3.50. The van der Waals surface area contributed by atoms with E-state index in [9.17, 15) is 9.59 Å². The fraction of sp³-hybridized carbons (Fsp3) is 0.600. The Balaban J connectivity index is 0.00000176. The number of carbonyl (C=O) groups is 2. The van der Waals surface area contributed by atoms with Crippen molar-refractivity contribution in [3.63, 3.8) is 0 Å². The second-order valence-electron chi connectivity index (χ2n) is 5.60. The number of amides is 2. The lowest BCUT2D eigenvalue weighted by molar-refractivity contribution is -0.135. The molecule has 7 heteroatoms. The van der Waals surface area contributed by atoms with Crippen LogP contribution >= 0.6 is 23.7 Å². The van der Waals surface area contributed by atoms with Gasteiger partial charge in [0, 0.05) is 26.2 Å². The Morgan fingerprint density at radius 1 is 1.14 bits per heavy atom. The predicted octanol–water partition coefficient (Wildman–Crippen LogP) is 1.60. The van der Waals surface area contributed by atoms with Crippen molar-refractivity contribution in [3.05, 3.63) is 22.4 Å². The summed E-state index contributed by atoms with van der Waals surface area (Å²) in [5.41, 5.74) is 0. The number of hydrogen-bond acceptors (Lipinski definition) is 4. The molecule has 5 nitrogen and oxygen atoms in total. The molecule has 3 rings (SSSR count). The van der Waals surface area contributed by atoms with Crippen molar-refractivity contribution in [2.45, 2.75) is 25.3 Å². The van der Waals surface area contributed by atoms with Crippen molar-refractivity contribution in [3.8, 4) is 0 Å². The van der Waals surface area contributed by atoms with E-state index in [1.165, 1.54) is 11.3 Å². The third-order valence-corrected chi connectivity index (χ3v) is 5.08. The van der Waals surface area contributed by atoms with Crippen LogP contribution in [0.5, 0.6) is 0 Å². The number of piperazine rings is 1. The van der Waals surface area contributed by atoms with Gasteiger partial charge in [-0.15, -0.1) is 23.7 Å². The Morgan fingerprint density at radius 3 is 2.45 bits per heavy atom. The van der Waals surface area contributed by atoms with E-state index in [1.807, 2.05) is 27.3 Å². The first kappa shape index (κ1) is 17.2. The van der Waals surface area contributed by atoms with Gasteiger partial charge in [-0.1, -0.05) is 12.5 Å². The van der Waals surface area contributed by atoms with Crippen molar-refractivity contribution in [1.29, 1.82) is 0 Å². The summed E-state index contributed by atoms with van der Waals surface area (Å²) in [7, 11) is 0. The van der Waals surface area contributed by atoms with Crippen molar-refractivity contribution in [2.24, 2.45) is 0 Å². The normalized spacial score (nSPS) is 22.1. The highest BCUT2D eigenvalue weighted by Crippen LogP contribution is 2.15. The first-order valence-electron chi connectivity index (χ1n) is 7.60. The number of thiophene rings is 1. The number of piperidine rings is 1. The van der Waals surface area contributed by atoms with Crippen LogP contribution in [0.15, 0.2) is 17.5 Å². The van der Waals surface area contributed by atoms with E-state index < -0.39 is 0 Å². The van der Waals surface area contributed by atoms with Gasteiger partial charge >= 0.3 is 0 Å². The lowest BCUT2D eigenvalue weighted by Crippen LogP contribution is -2.55. The zero-order valence-corrected chi connectivity index (χ0v) is 14.1. The van der Waals surface area contributed by atoms with Crippen LogP contribution in [0, 0.1) is 0 Å². The average molecular weight is 344 g/mol. The molecule has 0 unspecified atom stereocenters. The highest BCUT2D eigenvalue weighted by molar-refractivity contribution is 7.12. The molecule has 2 fully saturated rings. The fourth-order valence-electron chi connectivity index (χ4n) is 2.97. The molecule has 1 atom stereocenters. The molecule has 0 saturated carbocycles. The van der Waals surface area contributed by atoms with Gasteiger partial charge in [0.05, 0.1) is 10.9 Å². The largest absolute Gasteiger partial charge is 0.338 e. The van der Waals surface area contributed by atoms with E-state index in [1.54, 1.807) is 0 Å². The molecule has 2 saturated heterocycles. The van der Waals surface area contributed by atoms with Crippen molar-refractivity contribution in [2.75, 3.05) is 32.7 Å². The number of rotatable bonds is 2. The molecule has 122 valence electrons. The van der Waals surface area contributed by atoms with Gasteiger partial charge in [0.15, 0.2) is 0 Å². The van der Waals surface area contributed by atoms with E-state index in [2.05, 4.69) is 5.32 Å². The minimum atomic E-state index is -0.0155. The number of nitrogens with one attached hydrogen (secondary N) is 1. The summed E-state index contributed by atoms with van der Waals surface area (Å²) >= 11 is 1.47. The SMILES string of the molecule is Cl.O=C(c1cccs1)N1CCN(C(=O)[C@H]2CCCCN2)CC1. The zero-order valence-electron chi connectivity index (χ0n) is 12.5. The Morgan fingerprint density at radius 2 is 1.86 bits per heavy atom. The topological polar surface area (TPSA) is 52.7 Å². The maximum Gasteiger partial charge on any atom is 0.264 e. The number of halogens is 1. The fourth-order valence-corrected chi connectivity index (χ4v) is 3.66. The number of carbonyl (C=O) groups excluding carboxylic acids is 2. The third kappa shape index (κ3) is 3.80. The van der Waals surface area contributed by atoms with Gasteiger partial charge < -0.3 is 15.1 Å². The molecule has 1 aromatic heterocycles. The Hall–Kier alpha value is -1.11. The van der Waals surface area contributed by atoms with Gasteiger partial charge in [0.1, 0.15) is 0 Å². The maximum atomic E-state index is 12.4. The van der Waals surface area contributed by atoms with Crippen LogP contribution in [0.4, 0.5) is 0 Å². The average Bonchev–Trinajstić information content (AvgIpc) is 3.09. The smallest absolute Gasteiger partial charge is 0.264 e. The van der Waals surface area contributed by atoms with Crippen LogP contribution in [-0.4, -0.2) is 60.4 Å². The second-order valence-corrected chi connectivity index (χ2v) is 6.54. The molecule has 22 heavy (non-hydrogen) atoms. The quantitative estimate of drug-likeness (QED) is 0.887. The highest BCUT2D eigenvalue weighted by Gasteiger charge is 2.29. The van der Waals surface area contributed by atoms with E-state index >= 15 is 0 Å². The van der Waals surface area contributed by atoms with Crippen LogP contribution in [0.3, 0.4) is 0 Å². The molecule has 1 N–H and O–H groups in total. The highest BCUT2D eigenvalue weighted by atomic mass is 35.5. The van der Waals surface area contributed by atoms with Crippen LogP contribution in [0.1, 0.15) is 28.9 Å². The molecular formula is C15H22ClN3O2S. The molecule has 0 bridgehead atoms. The summed E-state index contributed by atoms with van der Waals surface area (Å²) in [5.74, 6) is 0.297. The lowest BCUT2D eigenvalue weighted by Gasteiger charge is -2.37. The standard InChI is InChI=1S/C15H21N3O2S.ClH/c19-14(12-4-1-2-6-16-12)17-7-9-18(10-8-17)15(20)13-5-3-11-21-13;/h3,5,11-12,16H,1-2,4,6-10H2;1H/t12-;/m1./s1. The molecule has 3 heterocycles. The summed E-state index contributed by atoms with van der Waals surface area (Å²) < 4.78 is 0. The molecular weight excluding hydrogens is 322 g/mol. The molecule has 2 aliphatic heterocycles.